The largest absolute Gasteiger partial charge is 0.497 e. The molecular weight excluding hydrogens is 380 g/mol. The van der Waals surface area contributed by atoms with Gasteiger partial charge < -0.3 is 20.7 Å². The third kappa shape index (κ3) is 3.36. The lowest BCUT2D eigenvalue weighted by Crippen LogP contribution is -2.31. The predicted octanol–water partition coefficient (Wildman–Crippen LogP) is 2.79. The molecule has 1 aliphatic heterocycles. The van der Waals surface area contributed by atoms with Gasteiger partial charge in [0.1, 0.15) is 11.8 Å². The average molecular weight is 404 g/mol. The van der Waals surface area contributed by atoms with E-state index in [4.69, 9.17) is 15.6 Å². The van der Waals surface area contributed by atoms with Crippen molar-refractivity contribution < 1.29 is 9.53 Å². The Morgan fingerprint density at radius 1 is 1.13 bits per heavy atom. The van der Waals surface area contributed by atoms with Gasteiger partial charge in [0.2, 0.25) is 11.9 Å². The summed E-state index contributed by atoms with van der Waals surface area (Å²) in [6.07, 6.45) is 0. The maximum absolute atomic E-state index is 12.3. The van der Waals surface area contributed by atoms with Crippen LogP contribution in [0.3, 0.4) is 0 Å². The Morgan fingerprint density at radius 2 is 1.80 bits per heavy atom. The second-order valence-corrected chi connectivity index (χ2v) is 7.35. The average Bonchev–Trinajstić information content (AvgIpc) is 3.16. The molecule has 1 aromatic heterocycles. The van der Waals surface area contributed by atoms with Crippen molar-refractivity contribution in [2.24, 2.45) is 5.73 Å². The highest BCUT2D eigenvalue weighted by molar-refractivity contribution is 5.95. The van der Waals surface area contributed by atoms with Gasteiger partial charge in [0.15, 0.2) is 5.82 Å². The molecule has 8 heteroatoms. The fourth-order valence-corrected chi connectivity index (χ4v) is 3.60. The van der Waals surface area contributed by atoms with Crippen LogP contribution >= 0.6 is 0 Å². The summed E-state index contributed by atoms with van der Waals surface area (Å²) in [5.41, 5.74) is 9.69. The molecule has 8 nitrogen and oxygen atoms in total. The fraction of sp³-hybridized carbons (Fsp3) is 0.227. The minimum Gasteiger partial charge on any atom is -0.497 e. The Balaban J connectivity index is 1.80. The Kier molecular flexibility index (Phi) is 4.91. The first-order chi connectivity index (χ1) is 14.4. The van der Waals surface area contributed by atoms with E-state index in [9.17, 15) is 4.79 Å². The molecule has 1 unspecified atom stereocenters. The lowest BCUT2D eigenvalue weighted by Gasteiger charge is -2.27. The molecule has 0 saturated carbocycles. The van der Waals surface area contributed by atoms with Crippen molar-refractivity contribution in [2.45, 2.75) is 13.0 Å². The number of aromatic nitrogens is 3. The number of carbonyl (C=O) groups is 1. The van der Waals surface area contributed by atoms with Crippen LogP contribution in [-0.2, 0) is 4.79 Å². The molecule has 0 spiro atoms. The molecule has 0 saturated heterocycles. The molecule has 3 N–H and O–H groups in total. The molecule has 1 atom stereocenters. The summed E-state index contributed by atoms with van der Waals surface area (Å²) in [7, 11) is 5.60. The van der Waals surface area contributed by atoms with E-state index in [0.29, 0.717) is 23.0 Å². The zero-order valence-electron chi connectivity index (χ0n) is 17.4. The van der Waals surface area contributed by atoms with Crippen LogP contribution in [0.4, 0.5) is 11.6 Å². The summed E-state index contributed by atoms with van der Waals surface area (Å²) >= 11 is 0. The summed E-state index contributed by atoms with van der Waals surface area (Å²) in [4.78, 5) is 19.0. The third-order valence-corrected chi connectivity index (χ3v) is 5.19. The molecule has 2 heterocycles. The van der Waals surface area contributed by atoms with Gasteiger partial charge in [0.25, 0.3) is 0 Å². The molecule has 3 aromatic rings. The van der Waals surface area contributed by atoms with Crippen LogP contribution in [0.2, 0.25) is 0 Å². The van der Waals surface area contributed by atoms with Gasteiger partial charge in [-0.15, -0.1) is 5.10 Å². The second-order valence-electron chi connectivity index (χ2n) is 7.35. The van der Waals surface area contributed by atoms with Crippen molar-refractivity contribution >= 4 is 17.5 Å². The van der Waals surface area contributed by atoms with E-state index in [1.54, 1.807) is 11.8 Å². The van der Waals surface area contributed by atoms with Crippen molar-refractivity contribution in [1.29, 1.82) is 0 Å². The maximum atomic E-state index is 12.3. The number of allylic oxidation sites excluding steroid dienone is 1. The molecule has 0 aliphatic carbocycles. The molecule has 0 radical (unpaired) electrons. The van der Waals surface area contributed by atoms with E-state index >= 15 is 0 Å². The topological polar surface area (TPSA) is 98.3 Å². The first-order valence-corrected chi connectivity index (χ1v) is 9.55. The zero-order chi connectivity index (χ0) is 21.4. The van der Waals surface area contributed by atoms with Crippen LogP contribution in [0.1, 0.15) is 18.5 Å². The first-order valence-electron chi connectivity index (χ1n) is 9.55. The number of fused-ring (bicyclic) bond motifs is 1. The number of hydrogen-bond acceptors (Lipinski definition) is 6. The highest BCUT2D eigenvalue weighted by atomic mass is 16.5. The number of amides is 1. The van der Waals surface area contributed by atoms with Crippen LogP contribution in [0, 0.1) is 0 Å². The molecule has 30 heavy (non-hydrogen) atoms. The smallest absolute Gasteiger partial charge is 0.248 e. The van der Waals surface area contributed by atoms with Crippen molar-refractivity contribution in [3.8, 4) is 17.1 Å². The summed E-state index contributed by atoms with van der Waals surface area (Å²) < 4.78 is 6.97. The second kappa shape index (κ2) is 7.55. The summed E-state index contributed by atoms with van der Waals surface area (Å²) in [6, 6.07) is 15.0. The van der Waals surface area contributed by atoms with Gasteiger partial charge in [-0.05, 0) is 48.9 Å². The van der Waals surface area contributed by atoms with Crippen LogP contribution in [0.25, 0.3) is 11.4 Å². The molecule has 0 bridgehead atoms. The van der Waals surface area contributed by atoms with E-state index in [-0.39, 0.29) is 0 Å². The Labute approximate surface area is 175 Å². The van der Waals surface area contributed by atoms with Crippen LogP contribution in [0.5, 0.6) is 5.75 Å². The number of nitrogens with one attached hydrogen (secondary N) is 1. The number of rotatable bonds is 5. The number of anilines is 2. The number of benzene rings is 2. The van der Waals surface area contributed by atoms with E-state index in [0.717, 1.165) is 22.6 Å². The standard InChI is InChI=1S/C22H24N6O2/c1-13-18(20(23)29)19(14-7-11-17(30-4)12-8-14)28-22(24-13)25-21(26-28)15-5-9-16(10-6-15)27(2)3/h5-12,19H,1-4H3,(H2,23,29)(H,24,25,26). The van der Waals surface area contributed by atoms with Crippen molar-refractivity contribution in [1.82, 2.24) is 14.8 Å². The van der Waals surface area contributed by atoms with E-state index in [1.165, 1.54) is 0 Å². The number of methoxy groups -OCH3 is 1. The van der Waals surface area contributed by atoms with Crippen LogP contribution in [-0.4, -0.2) is 41.9 Å². The molecule has 2 aromatic carbocycles. The van der Waals surface area contributed by atoms with Crippen molar-refractivity contribution in [3.63, 3.8) is 0 Å². The van der Waals surface area contributed by atoms with E-state index in [1.807, 2.05) is 74.4 Å². The summed E-state index contributed by atoms with van der Waals surface area (Å²) in [5.74, 6) is 1.36. The number of nitrogens with zero attached hydrogens (tertiary/aromatic N) is 4. The number of primary amides is 1. The third-order valence-electron chi connectivity index (χ3n) is 5.19. The van der Waals surface area contributed by atoms with Gasteiger partial charge >= 0.3 is 0 Å². The molecule has 154 valence electrons. The lowest BCUT2D eigenvalue weighted by atomic mass is 9.95. The van der Waals surface area contributed by atoms with Gasteiger partial charge in [-0.2, -0.15) is 4.98 Å². The summed E-state index contributed by atoms with van der Waals surface area (Å²) in [6.45, 7) is 1.82. The number of ether oxygens (including phenoxy) is 1. The monoisotopic (exact) mass is 404 g/mol. The summed E-state index contributed by atoms with van der Waals surface area (Å²) in [5, 5.41) is 7.89. The predicted molar refractivity (Wildman–Crippen MR) is 116 cm³/mol. The molecular formula is C22H24N6O2. The van der Waals surface area contributed by atoms with Crippen molar-refractivity contribution in [3.05, 3.63) is 65.4 Å². The quantitative estimate of drug-likeness (QED) is 0.679. The van der Waals surface area contributed by atoms with Crippen LogP contribution < -0.4 is 20.7 Å². The van der Waals surface area contributed by atoms with Crippen LogP contribution in [0.15, 0.2) is 59.8 Å². The minimum absolute atomic E-state index is 0.451. The maximum Gasteiger partial charge on any atom is 0.248 e. The lowest BCUT2D eigenvalue weighted by molar-refractivity contribution is -0.115. The molecule has 0 fully saturated rings. The fourth-order valence-electron chi connectivity index (χ4n) is 3.60. The normalized spacial score (nSPS) is 15.4. The number of carbonyl (C=O) groups excluding carboxylic acids is 1. The number of hydrogen-bond donors (Lipinski definition) is 2. The van der Waals surface area contributed by atoms with E-state index in [2.05, 4.69) is 10.3 Å². The van der Waals surface area contributed by atoms with Crippen molar-refractivity contribution in [2.75, 3.05) is 31.4 Å². The Hall–Kier alpha value is -3.81. The van der Waals surface area contributed by atoms with Gasteiger partial charge in [0.05, 0.1) is 12.7 Å². The zero-order valence-corrected chi connectivity index (χ0v) is 17.4. The van der Waals surface area contributed by atoms with E-state index < -0.39 is 11.9 Å². The SMILES string of the molecule is COc1ccc(C2C(C(N)=O)=C(C)Nc3nc(-c4ccc(N(C)C)cc4)nn32)cc1. The van der Waals surface area contributed by atoms with Gasteiger partial charge in [-0.1, -0.05) is 12.1 Å². The van der Waals surface area contributed by atoms with Gasteiger partial charge in [-0.3, -0.25) is 4.79 Å². The molecule has 1 amide bonds. The minimum atomic E-state index is -0.501. The van der Waals surface area contributed by atoms with Gasteiger partial charge in [0, 0.05) is 31.0 Å². The first kappa shape index (κ1) is 19.5. The highest BCUT2D eigenvalue weighted by Gasteiger charge is 2.33. The Bertz CT molecular complexity index is 1110. The van der Waals surface area contributed by atoms with Gasteiger partial charge in [-0.25, -0.2) is 4.68 Å². The Morgan fingerprint density at radius 3 is 2.37 bits per heavy atom. The molecule has 1 aliphatic rings. The highest BCUT2D eigenvalue weighted by Crippen LogP contribution is 2.36. The molecule has 4 rings (SSSR count). The number of nitrogens with two attached hydrogens (primary N) is 1.